The lowest BCUT2D eigenvalue weighted by atomic mass is 9.95. The summed E-state index contributed by atoms with van der Waals surface area (Å²) in [6.07, 6.45) is 1.58. The smallest absolute Gasteiger partial charge is 0.387 e. The van der Waals surface area contributed by atoms with Crippen molar-refractivity contribution in [1.29, 1.82) is 0 Å². The van der Waals surface area contributed by atoms with Gasteiger partial charge >= 0.3 is 6.61 Å². The zero-order chi connectivity index (χ0) is 20.3. The molecule has 1 aromatic heterocycles. The van der Waals surface area contributed by atoms with Crippen LogP contribution in [-0.4, -0.2) is 22.5 Å². The SMILES string of the molecule is CC1(c2nnco2)CC(c2ccc(OC(F)F)c(OCc3ccccc3)c2)=NO1. The van der Waals surface area contributed by atoms with Gasteiger partial charge in [-0.1, -0.05) is 35.5 Å². The van der Waals surface area contributed by atoms with Crippen LogP contribution in [0.3, 0.4) is 0 Å². The highest BCUT2D eigenvalue weighted by Crippen LogP contribution is 2.37. The Kier molecular flexibility index (Phi) is 5.11. The number of rotatable bonds is 7. The van der Waals surface area contributed by atoms with Crippen LogP contribution in [0.25, 0.3) is 0 Å². The van der Waals surface area contributed by atoms with Gasteiger partial charge in [0.2, 0.25) is 12.0 Å². The first-order valence-electron chi connectivity index (χ1n) is 8.81. The summed E-state index contributed by atoms with van der Waals surface area (Å²) >= 11 is 0. The van der Waals surface area contributed by atoms with Gasteiger partial charge in [-0.05, 0) is 30.7 Å². The van der Waals surface area contributed by atoms with E-state index < -0.39 is 12.2 Å². The summed E-state index contributed by atoms with van der Waals surface area (Å²) in [7, 11) is 0. The molecule has 0 fully saturated rings. The van der Waals surface area contributed by atoms with Crippen LogP contribution in [-0.2, 0) is 17.0 Å². The van der Waals surface area contributed by atoms with E-state index in [0.717, 1.165) is 5.56 Å². The van der Waals surface area contributed by atoms with Crippen LogP contribution < -0.4 is 9.47 Å². The predicted octanol–water partition coefficient (Wildman–Crippen LogP) is 4.29. The van der Waals surface area contributed by atoms with Gasteiger partial charge in [-0.3, -0.25) is 0 Å². The van der Waals surface area contributed by atoms with E-state index in [1.165, 1.54) is 12.5 Å². The van der Waals surface area contributed by atoms with E-state index in [1.807, 2.05) is 30.3 Å². The van der Waals surface area contributed by atoms with E-state index in [4.69, 9.17) is 14.0 Å². The largest absolute Gasteiger partial charge is 0.485 e. The van der Waals surface area contributed by atoms with E-state index in [0.29, 0.717) is 23.6 Å². The molecule has 3 aromatic rings. The molecule has 0 aliphatic carbocycles. The number of ether oxygens (including phenoxy) is 2. The maximum atomic E-state index is 12.8. The summed E-state index contributed by atoms with van der Waals surface area (Å²) in [4.78, 5) is 5.52. The summed E-state index contributed by atoms with van der Waals surface area (Å²) in [5.74, 6) is 0.425. The number of nitrogens with zero attached hydrogens (tertiary/aromatic N) is 3. The Hall–Kier alpha value is -3.49. The van der Waals surface area contributed by atoms with Crippen LogP contribution in [0.5, 0.6) is 11.5 Å². The molecule has 0 bridgehead atoms. The van der Waals surface area contributed by atoms with Crippen molar-refractivity contribution in [3.63, 3.8) is 0 Å². The molecule has 7 nitrogen and oxygen atoms in total. The number of aromatic nitrogens is 2. The van der Waals surface area contributed by atoms with Gasteiger partial charge in [-0.15, -0.1) is 10.2 Å². The van der Waals surface area contributed by atoms with E-state index in [1.54, 1.807) is 19.1 Å². The maximum Gasteiger partial charge on any atom is 0.387 e. The first kappa shape index (κ1) is 18.9. The molecule has 1 aliphatic rings. The van der Waals surface area contributed by atoms with Crippen LogP contribution in [0.15, 0.2) is 64.5 Å². The topological polar surface area (TPSA) is 79.0 Å². The fraction of sp³-hybridized carbons (Fsp3) is 0.250. The van der Waals surface area contributed by atoms with Crippen molar-refractivity contribution in [2.24, 2.45) is 5.16 Å². The van der Waals surface area contributed by atoms with Crippen molar-refractivity contribution >= 4 is 5.71 Å². The van der Waals surface area contributed by atoms with E-state index in [2.05, 4.69) is 20.1 Å². The molecule has 0 amide bonds. The Morgan fingerprint density at radius 1 is 1.14 bits per heavy atom. The lowest BCUT2D eigenvalue weighted by Crippen LogP contribution is -2.22. The Balaban J connectivity index is 1.56. The van der Waals surface area contributed by atoms with Crippen molar-refractivity contribution in [2.45, 2.75) is 32.2 Å². The van der Waals surface area contributed by atoms with Gasteiger partial charge in [0, 0.05) is 12.0 Å². The average molecular weight is 401 g/mol. The minimum atomic E-state index is -2.96. The Bertz CT molecular complexity index is 996. The molecule has 1 aliphatic heterocycles. The molecular weight excluding hydrogens is 384 g/mol. The molecule has 9 heteroatoms. The minimum Gasteiger partial charge on any atom is -0.485 e. The molecule has 2 heterocycles. The third kappa shape index (κ3) is 4.18. The molecule has 0 N–H and O–H groups in total. The molecule has 0 saturated heterocycles. The molecule has 150 valence electrons. The summed E-state index contributed by atoms with van der Waals surface area (Å²) in [5, 5.41) is 11.7. The standard InChI is InChI=1S/C20H17F2N3O4/c1-20(18-24-23-12-27-18)10-15(25-29-20)14-7-8-16(28-19(21)22)17(9-14)26-11-13-5-3-2-4-6-13/h2-9,12,19H,10-11H2,1H3. The Labute approximate surface area is 164 Å². The minimum absolute atomic E-state index is 0.0566. The second-order valence-electron chi connectivity index (χ2n) is 6.60. The molecule has 29 heavy (non-hydrogen) atoms. The summed E-state index contributed by atoms with van der Waals surface area (Å²) < 4.78 is 41.1. The number of hydrogen-bond donors (Lipinski definition) is 0. The van der Waals surface area contributed by atoms with Gasteiger partial charge in [-0.25, -0.2) is 0 Å². The molecule has 0 radical (unpaired) electrons. The second kappa shape index (κ2) is 7.86. The molecule has 0 spiro atoms. The van der Waals surface area contributed by atoms with Crippen molar-refractivity contribution < 1.29 is 27.5 Å². The van der Waals surface area contributed by atoms with E-state index >= 15 is 0 Å². The first-order valence-corrected chi connectivity index (χ1v) is 8.81. The van der Waals surface area contributed by atoms with E-state index in [9.17, 15) is 8.78 Å². The van der Waals surface area contributed by atoms with Crippen molar-refractivity contribution in [1.82, 2.24) is 10.2 Å². The quantitative estimate of drug-likeness (QED) is 0.588. The van der Waals surface area contributed by atoms with Gasteiger partial charge in [0.1, 0.15) is 6.61 Å². The third-order valence-corrected chi connectivity index (χ3v) is 4.40. The third-order valence-electron chi connectivity index (χ3n) is 4.40. The highest BCUT2D eigenvalue weighted by Gasteiger charge is 2.41. The van der Waals surface area contributed by atoms with Crippen LogP contribution in [0, 0.1) is 0 Å². The molecule has 4 rings (SSSR count). The van der Waals surface area contributed by atoms with Crippen LogP contribution in [0.1, 0.15) is 30.4 Å². The van der Waals surface area contributed by atoms with Gasteiger partial charge in [0.15, 0.2) is 11.5 Å². The fourth-order valence-electron chi connectivity index (χ4n) is 2.94. The van der Waals surface area contributed by atoms with Gasteiger partial charge in [0.05, 0.1) is 5.71 Å². The van der Waals surface area contributed by atoms with Crippen LogP contribution >= 0.6 is 0 Å². The number of benzene rings is 2. The maximum absolute atomic E-state index is 12.8. The predicted molar refractivity (Wildman–Crippen MR) is 97.7 cm³/mol. The highest BCUT2D eigenvalue weighted by molar-refractivity contribution is 6.02. The molecule has 1 unspecified atom stereocenters. The van der Waals surface area contributed by atoms with Gasteiger partial charge in [-0.2, -0.15) is 8.78 Å². The molecule has 0 saturated carbocycles. The van der Waals surface area contributed by atoms with Crippen LogP contribution in [0.2, 0.25) is 0 Å². The number of alkyl halides is 2. The van der Waals surface area contributed by atoms with Crippen molar-refractivity contribution in [3.05, 3.63) is 71.9 Å². The van der Waals surface area contributed by atoms with Crippen molar-refractivity contribution in [2.75, 3.05) is 0 Å². The summed E-state index contributed by atoms with van der Waals surface area (Å²) in [6, 6.07) is 14.0. The normalized spacial score (nSPS) is 18.4. The zero-order valence-electron chi connectivity index (χ0n) is 15.4. The van der Waals surface area contributed by atoms with Crippen LogP contribution in [0.4, 0.5) is 8.78 Å². The Morgan fingerprint density at radius 2 is 1.97 bits per heavy atom. The first-order chi connectivity index (χ1) is 14.0. The Morgan fingerprint density at radius 3 is 2.69 bits per heavy atom. The van der Waals surface area contributed by atoms with Gasteiger partial charge < -0.3 is 18.7 Å². The zero-order valence-corrected chi connectivity index (χ0v) is 15.4. The lowest BCUT2D eigenvalue weighted by Gasteiger charge is -2.16. The van der Waals surface area contributed by atoms with Crippen molar-refractivity contribution in [3.8, 4) is 11.5 Å². The monoisotopic (exact) mass is 401 g/mol. The molecule has 2 aromatic carbocycles. The number of hydrogen-bond acceptors (Lipinski definition) is 7. The lowest BCUT2D eigenvalue weighted by molar-refractivity contribution is -0.0516. The van der Waals surface area contributed by atoms with Gasteiger partial charge in [0.25, 0.3) is 5.89 Å². The summed E-state index contributed by atoms with van der Waals surface area (Å²) in [5.41, 5.74) is 1.25. The second-order valence-corrected chi connectivity index (χ2v) is 6.60. The highest BCUT2D eigenvalue weighted by atomic mass is 19.3. The van der Waals surface area contributed by atoms with E-state index in [-0.39, 0.29) is 18.1 Å². The number of oxime groups is 1. The molecule has 1 atom stereocenters. The molecular formula is C20H17F2N3O4. The fourth-order valence-corrected chi connectivity index (χ4v) is 2.94. The average Bonchev–Trinajstić information content (AvgIpc) is 3.39. The number of halogens is 2. The summed E-state index contributed by atoms with van der Waals surface area (Å²) in [6.45, 7) is -0.988.